The highest BCUT2D eigenvalue weighted by Gasteiger charge is 2.26. The normalized spacial score (nSPS) is 16.4. The standard InChI is InChI=1S/C19H24N4O4/c20-16-11-22-17(27-16)6-3-8-21-19(26)23-9-7-13(10-18(24)25)15-5-2-1-4-14(15)12-23/h1-2,4-5,11,13H,3,6-10,12,20H2,(H,21,26)(H,24,25). The Morgan fingerprint density at radius 3 is 2.93 bits per heavy atom. The van der Waals surface area contributed by atoms with Crippen LogP contribution in [0.4, 0.5) is 10.7 Å². The maximum atomic E-state index is 12.5. The molecule has 1 unspecified atom stereocenters. The van der Waals surface area contributed by atoms with E-state index in [1.807, 2.05) is 24.3 Å². The maximum absolute atomic E-state index is 12.5. The molecule has 4 N–H and O–H groups in total. The SMILES string of the molecule is Nc1cnc(CCCNC(=O)N2CCC(CC(=O)O)c3ccccc3C2)o1. The first kappa shape index (κ1) is 18.8. The van der Waals surface area contributed by atoms with E-state index in [1.165, 1.54) is 6.20 Å². The van der Waals surface area contributed by atoms with Gasteiger partial charge in [0.15, 0.2) is 5.89 Å². The van der Waals surface area contributed by atoms with Crippen LogP contribution in [0.15, 0.2) is 34.9 Å². The number of nitrogens with one attached hydrogen (secondary N) is 1. The fourth-order valence-corrected chi connectivity index (χ4v) is 3.41. The number of nitrogens with two attached hydrogens (primary N) is 1. The molecule has 2 aromatic rings. The molecule has 2 heterocycles. The van der Waals surface area contributed by atoms with E-state index in [9.17, 15) is 14.7 Å². The van der Waals surface area contributed by atoms with Crippen LogP contribution >= 0.6 is 0 Å². The van der Waals surface area contributed by atoms with E-state index < -0.39 is 5.97 Å². The minimum Gasteiger partial charge on any atom is -0.481 e. The van der Waals surface area contributed by atoms with E-state index in [2.05, 4.69) is 10.3 Å². The van der Waals surface area contributed by atoms with Crippen LogP contribution in [0, 0.1) is 0 Å². The number of carboxylic acid groups (broad SMARTS) is 1. The first-order valence-electron chi connectivity index (χ1n) is 9.05. The van der Waals surface area contributed by atoms with Crippen molar-refractivity contribution in [2.45, 2.75) is 38.1 Å². The van der Waals surface area contributed by atoms with Gasteiger partial charge < -0.3 is 25.5 Å². The van der Waals surface area contributed by atoms with Crippen LogP contribution in [0.5, 0.6) is 0 Å². The Morgan fingerprint density at radius 1 is 1.37 bits per heavy atom. The van der Waals surface area contributed by atoms with Crippen molar-refractivity contribution >= 4 is 17.9 Å². The fraction of sp³-hybridized carbons (Fsp3) is 0.421. The van der Waals surface area contributed by atoms with Crippen LogP contribution in [0.25, 0.3) is 0 Å². The van der Waals surface area contributed by atoms with Gasteiger partial charge in [-0.25, -0.2) is 9.78 Å². The summed E-state index contributed by atoms with van der Waals surface area (Å²) in [5, 5.41) is 12.1. The summed E-state index contributed by atoms with van der Waals surface area (Å²) in [6.45, 7) is 1.50. The van der Waals surface area contributed by atoms with Crippen LogP contribution < -0.4 is 11.1 Å². The molecule has 0 bridgehead atoms. The number of benzene rings is 1. The molecule has 8 nitrogen and oxygen atoms in total. The molecular formula is C19H24N4O4. The van der Waals surface area contributed by atoms with Crippen LogP contribution in [0.2, 0.25) is 0 Å². The lowest BCUT2D eigenvalue weighted by atomic mass is 9.90. The Morgan fingerprint density at radius 2 is 2.19 bits per heavy atom. The average Bonchev–Trinajstić information content (AvgIpc) is 2.97. The highest BCUT2D eigenvalue weighted by molar-refractivity contribution is 5.74. The Hall–Kier alpha value is -3.03. The predicted molar refractivity (Wildman–Crippen MR) is 99.1 cm³/mol. The molecule has 0 saturated heterocycles. The van der Waals surface area contributed by atoms with Gasteiger partial charge in [-0.2, -0.15) is 0 Å². The van der Waals surface area contributed by atoms with Crippen molar-refractivity contribution in [3.8, 4) is 0 Å². The van der Waals surface area contributed by atoms with E-state index in [0.29, 0.717) is 44.8 Å². The second-order valence-corrected chi connectivity index (χ2v) is 6.70. The molecule has 1 aromatic carbocycles. The first-order valence-corrected chi connectivity index (χ1v) is 9.05. The number of nitrogen functional groups attached to an aromatic ring is 1. The van der Waals surface area contributed by atoms with Crippen molar-refractivity contribution in [2.24, 2.45) is 0 Å². The molecule has 27 heavy (non-hydrogen) atoms. The van der Waals surface area contributed by atoms with Crippen molar-refractivity contribution in [3.63, 3.8) is 0 Å². The van der Waals surface area contributed by atoms with Gasteiger partial charge in [-0.15, -0.1) is 0 Å². The predicted octanol–water partition coefficient (Wildman–Crippen LogP) is 2.36. The van der Waals surface area contributed by atoms with Crippen molar-refractivity contribution in [1.29, 1.82) is 0 Å². The number of aryl methyl sites for hydroxylation is 1. The summed E-state index contributed by atoms with van der Waals surface area (Å²) < 4.78 is 5.20. The van der Waals surface area contributed by atoms with Gasteiger partial charge in [0.1, 0.15) is 0 Å². The molecule has 144 valence electrons. The summed E-state index contributed by atoms with van der Waals surface area (Å²) in [5.41, 5.74) is 7.51. The van der Waals surface area contributed by atoms with Crippen LogP contribution in [0.1, 0.15) is 42.2 Å². The second kappa shape index (κ2) is 8.57. The number of carbonyl (C=O) groups is 2. The monoisotopic (exact) mass is 372 g/mol. The molecule has 1 aliphatic heterocycles. The number of urea groups is 1. The van der Waals surface area contributed by atoms with E-state index in [1.54, 1.807) is 4.90 Å². The quantitative estimate of drug-likeness (QED) is 0.669. The summed E-state index contributed by atoms with van der Waals surface area (Å²) in [6.07, 6.45) is 3.47. The summed E-state index contributed by atoms with van der Waals surface area (Å²) in [6, 6.07) is 7.61. The molecule has 0 spiro atoms. The largest absolute Gasteiger partial charge is 0.481 e. The summed E-state index contributed by atoms with van der Waals surface area (Å²) in [5.74, 6) is -0.0537. The zero-order valence-corrected chi connectivity index (χ0v) is 15.1. The van der Waals surface area contributed by atoms with Gasteiger partial charge in [-0.1, -0.05) is 24.3 Å². The third kappa shape index (κ3) is 4.99. The summed E-state index contributed by atoms with van der Waals surface area (Å²) >= 11 is 0. The van der Waals surface area contributed by atoms with E-state index >= 15 is 0 Å². The van der Waals surface area contributed by atoms with Gasteiger partial charge in [0, 0.05) is 26.1 Å². The lowest BCUT2D eigenvalue weighted by Gasteiger charge is -2.21. The van der Waals surface area contributed by atoms with Crippen LogP contribution in [-0.4, -0.2) is 40.1 Å². The molecule has 0 aliphatic carbocycles. The van der Waals surface area contributed by atoms with Crippen LogP contribution in [0.3, 0.4) is 0 Å². The minimum atomic E-state index is -0.820. The molecule has 8 heteroatoms. The van der Waals surface area contributed by atoms with Gasteiger partial charge >= 0.3 is 12.0 Å². The van der Waals surface area contributed by atoms with Crippen molar-refractivity contribution in [3.05, 3.63) is 47.5 Å². The number of anilines is 1. The van der Waals surface area contributed by atoms with E-state index in [4.69, 9.17) is 10.2 Å². The number of carbonyl (C=O) groups excluding carboxylic acids is 1. The molecule has 1 aliphatic rings. The molecule has 0 saturated carbocycles. The van der Waals surface area contributed by atoms with Crippen molar-refractivity contribution in [1.82, 2.24) is 15.2 Å². The van der Waals surface area contributed by atoms with E-state index in [0.717, 1.165) is 11.1 Å². The number of hydrogen-bond acceptors (Lipinski definition) is 5. The first-order chi connectivity index (χ1) is 13.0. The molecule has 0 fully saturated rings. The zero-order valence-electron chi connectivity index (χ0n) is 15.1. The fourth-order valence-electron chi connectivity index (χ4n) is 3.41. The Balaban J connectivity index is 1.55. The molecule has 3 rings (SSSR count). The smallest absolute Gasteiger partial charge is 0.317 e. The Labute approximate surface area is 157 Å². The number of nitrogens with zero attached hydrogens (tertiary/aromatic N) is 2. The number of fused-ring (bicyclic) bond motifs is 1. The van der Waals surface area contributed by atoms with Gasteiger partial charge in [0.05, 0.1) is 12.6 Å². The van der Waals surface area contributed by atoms with Gasteiger partial charge in [0.2, 0.25) is 5.88 Å². The number of rotatable bonds is 6. The highest BCUT2D eigenvalue weighted by atomic mass is 16.4. The van der Waals surface area contributed by atoms with Crippen LogP contribution in [-0.2, 0) is 17.8 Å². The third-order valence-corrected chi connectivity index (χ3v) is 4.73. The molecule has 2 amide bonds. The number of oxazole rings is 1. The number of aromatic nitrogens is 1. The van der Waals surface area contributed by atoms with Crippen molar-refractivity contribution < 1.29 is 19.1 Å². The summed E-state index contributed by atoms with van der Waals surface area (Å²) in [7, 11) is 0. The second-order valence-electron chi connectivity index (χ2n) is 6.70. The Bertz CT molecular complexity index is 805. The number of amides is 2. The molecular weight excluding hydrogens is 348 g/mol. The van der Waals surface area contributed by atoms with Gasteiger partial charge in [-0.05, 0) is 29.9 Å². The van der Waals surface area contributed by atoms with Gasteiger partial charge in [-0.3, -0.25) is 4.79 Å². The third-order valence-electron chi connectivity index (χ3n) is 4.73. The number of carboxylic acids is 1. The maximum Gasteiger partial charge on any atom is 0.317 e. The van der Waals surface area contributed by atoms with E-state index in [-0.39, 0.29) is 24.3 Å². The molecule has 1 atom stereocenters. The summed E-state index contributed by atoms with van der Waals surface area (Å²) in [4.78, 5) is 29.5. The minimum absolute atomic E-state index is 0.0751. The lowest BCUT2D eigenvalue weighted by molar-refractivity contribution is -0.137. The Kier molecular flexibility index (Phi) is 5.95. The topological polar surface area (TPSA) is 122 Å². The molecule has 1 aromatic heterocycles. The number of hydrogen-bond donors (Lipinski definition) is 3. The lowest BCUT2D eigenvalue weighted by Crippen LogP contribution is -2.40. The van der Waals surface area contributed by atoms with Gasteiger partial charge in [0.25, 0.3) is 0 Å². The number of aliphatic carboxylic acids is 1. The average molecular weight is 372 g/mol. The zero-order chi connectivity index (χ0) is 19.2. The molecule has 0 radical (unpaired) electrons. The highest BCUT2D eigenvalue weighted by Crippen LogP contribution is 2.31. The van der Waals surface area contributed by atoms with Crippen molar-refractivity contribution in [2.75, 3.05) is 18.8 Å².